The molecule has 0 saturated carbocycles. The van der Waals surface area contributed by atoms with Gasteiger partial charge in [-0.25, -0.2) is 22.9 Å². The maximum atomic E-state index is 14.5. The molecule has 4 rings (SSSR count). The van der Waals surface area contributed by atoms with Gasteiger partial charge >= 0.3 is 11.9 Å². The summed E-state index contributed by atoms with van der Waals surface area (Å²) in [5.74, 6) is -4.83. The molecule has 0 aliphatic carbocycles. The summed E-state index contributed by atoms with van der Waals surface area (Å²) in [5, 5.41) is 14.6. The van der Waals surface area contributed by atoms with Crippen molar-refractivity contribution in [3.63, 3.8) is 0 Å². The number of nitrogens with zero attached hydrogens (tertiary/aromatic N) is 3. The zero-order valence-electron chi connectivity index (χ0n) is 20.4. The van der Waals surface area contributed by atoms with Crippen LogP contribution in [0.2, 0.25) is 0 Å². The van der Waals surface area contributed by atoms with Crippen LogP contribution in [0.5, 0.6) is 0 Å². The number of carboxylic acid groups (broad SMARTS) is 1. The molecule has 1 fully saturated rings. The molecular weight excluding hydrogens is 589 g/mol. The molecule has 2 aliphatic rings. The van der Waals surface area contributed by atoms with E-state index < -0.39 is 42.3 Å². The highest BCUT2D eigenvalue weighted by Gasteiger charge is 2.42. The van der Waals surface area contributed by atoms with E-state index >= 15 is 0 Å². The summed E-state index contributed by atoms with van der Waals surface area (Å²) in [7, 11) is 0. The van der Waals surface area contributed by atoms with Gasteiger partial charge in [-0.15, -0.1) is 11.3 Å². The van der Waals surface area contributed by atoms with Gasteiger partial charge in [0, 0.05) is 47.2 Å². The average Bonchev–Trinajstić information content (AvgIpc) is 3.38. The van der Waals surface area contributed by atoms with Crippen LogP contribution in [0.3, 0.4) is 0 Å². The van der Waals surface area contributed by atoms with Crippen molar-refractivity contribution in [2.45, 2.75) is 50.6 Å². The molecule has 13 heteroatoms. The van der Waals surface area contributed by atoms with Crippen LogP contribution in [0.4, 0.5) is 13.2 Å². The lowest BCUT2D eigenvalue weighted by atomic mass is 9.92. The number of esters is 1. The number of carboxylic acids is 1. The summed E-state index contributed by atoms with van der Waals surface area (Å²) in [5.41, 5.74) is 0.877. The number of alkyl halides is 2. The van der Waals surface area contributed by atoms with Crippen molar-refractivity contribution in [2.24, 2.45) is 4.99 Å². The quantitative estimate of drug-likeness (QED) is 0.386. The molecule has 1 aromatic heterocycles. The Morgan fingerprint density at radius 2 is 2.16 bits per heavy atom. The number of thiazole rings is 1. The van der Waals surface area contributed by atoms with Crippen LogP contribution < -0.4 is 5.32 Å². The zero-order valence-corrected chi connectivity index (χ0v) is 22.8. The van der Waals surface area contributed by atoms with Crippen LogP contribution in [0.25, 0.3) is 0 Å². The Balaban J connectivity index is 1.81. The minimum atomic E-state index is -2.97. The first-order chi connectivity index (χ1) is 18.1. The van der Waals surface area contributed by atoms with Crippen molar-refractivity contribution in [1.29, 1.82) is 0 Å². The lowest BCUT2D eigenvalue weighted by molar-refractivity contribution is -0.139. The minimum absolute atomic E-state index is 0.0684. The molecule has 1 aromatic carbocycles. The van der Waals surface area contributed by atoms with Crippen LogP contribution >= 0.6 is 27.3 Å². The van der Waals surface area contributed by atoms with Gasteiger partial charge in [-0.1, -0.05) is 22.0 Å². The maximum absolute atomic E-state index is 14.5. The smallest absolute Gasteiger partial charge is 0.338 e. The molecule has 38 heavy (non-hydrogen) atoms. The van der Waals surface area contributed by atoms with Crippen molar-refractivity contribution < 1.29 is 32.6 Å². The van der Waals surface area contributed by atoms with Crippen molar-refractivity contribution in [3.05, 3.63) is 61.9 Å². The van der Waals surface area contributed by atoms with Crippen molar-refractivity contribution in [1.82, 2.24) is 15.2 Å². The van der Waals surface area contributed by atoms with Crippen LogP contribution in [0, 0.1) is 5.82 Å². The summed E-state index contributed by atoms with van der Waals surface area (Å²) in [6.07, 6.45) is 1.38. The Labute approximate surface area is 229 Å². The van der Waals surface area contributed by atoms with E-state index in [1.165, 1.54) is 34.4 Å². The number of aromatic nitrogens is 1. The van der Waals surface area contributed by atoms with Crippen LogP contribution in [0.15, 0.2) is 50.5 Å². The van der Waals surface area contributed by atoms with E-state index in [4.69, 9.17) is 9.73 Å². The second kappa shape index (κ2) is 12.0. The number of aliphatic carboxylic acids is 1. The third-order valence-corrected chi connectivity index (χ3v) is 7.83. The fraction of sp³-hybridized carbons (Fsp3) is 0.440. The predicted molar refractivity (Wildman–Crippen MR) is 139 cm³/mol. The number of rotatable bonds is 9. The number of aliphatic imine (C=N–C) groups is 1. The lowest BCUT2D eigenvalue weighted by Gasteiger charge is -2.41. The van der Waals surface area contributed by atoms with Gasteiger partial charge in [-0.2, -0.15) is 0 Å². The molecule has 2 N–H and O–H groups in total. The average molecular weight is 615 g/mol. The third kappa shape index (κ3) is 6.62. The number of hydrogen-bond acceptors (Lipinski definition) is 8. The van der Waals surface area contributed by atoms with Crippen LogP contribution in [0.1, 0.15) is 49.2 Å². The highest BCUT2D eigenvalue weighted by atomic mass is 79.9. The molecule has 3 heterocycles. The highest BCUT2D eigenvalue weighted by molar-refractivity contribution is 9.10. The van der Waals surface area contributed by atoms with Crippen LogP contribution in [-0.2, 0) is 14.3 Å². The number of carbonyl (C=O) groups is 2. The summed E-state index contributed by atoms with van der Waals surface area (Å²) in [6, 6.07) is 2.63. The van der Waals surface area contributed by atoms with Gasteiger partial charge in [0.2, 0.25) is 0 Å². The first kappa shape index (κ1) is 28.2. The van der Waals surface area contributed by atoms with Crippen molar-refractivity contribution in [3.8, 4) is 0 Å². The number of ether oxygens (including phenoxy) is 1. The molecule has 0 bridgehead atoms. The summed E-state index contributed by atoms with van der Waals surface area (Å²) in [6.45, 7) is 1.02. The normalized spacial score (nSPS) is 21.6. The Morgan fingerprint density at radius 1 is 1.37 bits per heavy atom. The Bertz CT molecular complexity index is 1260. The largest absolute Gasteiger partial charge is 0.481 e. The van der Waals surface area contributed by atoms with E-state index in [1.54, 1.807) is 18.5 Å². The fourth-order valence-electron chi connectivity index (χ4n) is 4.64. The summed E-state index contributed by atoms with van der Waals surface area (Å²) in [4.78, 5) is 35.0. The number of carbonyl (C=O) groups excluding carboxylic acids is 1. The maximum Gasteiger partial charge on any atom is 0.338 e. The Kier molecular flexibility index (Phi) is 8.89. The number of piperidine rings is 1. The van der Waals surface area contributed by atoms with Gasteiger partial charge in [0.05, 0.1) is 18.7 Å². The second-order valence-corrected chi connectivity index (χ2v) is 10.8. The number of likely N-dealkylation sites (tertiary alicyclic amines) is 1. The Morgan fingerprint density at radius 3 is 2.82 bits per heavy atom. The van der Waals surface area contributed by atoms with Gasteiger partial charge in [0.1, 0.15) is 11.9 Å². The Hall–Kier alpha value is -2.77. The van der Waals surface area contributed by atoms with Crippen molar-refractivity contribution >= 4 is 45.0 Å². The number of amidine groups is 1. The van der Waals surface area contributed by atoms with Gasteiger partial charge in [0.15, 0.2) is 10.8 Å². The molecule has 0 unspecified atom stereocenters. The molecule has 2 atom stereocenters. The van der Waals surface area contributed by atoms with Gasteiger partial charge in [0.25, 0.3) is 5.92 Å². The topological polar surface area (TPSA) is 104 Å². The number of nitrogens with one attached hydrogen (secondary N) is 1. The zero-order chi connectivity index (χ0) is 27.4. The molecule has 204 valence electrons. The van der Waals surface area contributed by atoms with E-state index in [2.05, 4.69) is 26.2 Å². The second-order valence-electron chi connectivity index (χ2n) is 9.01. The predicted octanol–water partition coefficient (Wildman–Crippen LogP) is 4.92. The SMILES string of the molecule is CCOC(=O)C1=C(CN2CC(F)(F)CC[C@H]2CCC(=O)O)NC(c2nccs2)=N[C@H]1c1ccc(F)cc1Br. The van der Waals surface area contributed by atoms with Crippen LogP contribution in [-0.4, -0.2) is 64.4 Å². The van der Waals surface area contributed by atoms with Gasteiger partial charge in [-0.05, 0) is 37.5 Å². The fourth-order valence-corrected chi connectivity index (χ4v) is 5.79. The number of hydrogen-bond donors (Lipinski definition) is 2. The molecule has 0 spiro atoms. The molecule has 0 amide bonds. The molecular formula is C25H26BrF3N4O4S. The number of benzene rings is 1. The van der Waals surface area contributed by atoms with Gasteiger partial charge in [-0.3, -0.25) is 14.7 Å². The molecule has 2 aliphatic heterocycles. The summed E-state index contributed by atoms with van der Waals surface area (Å²) < 4.78 is 48.7. The molecule has 0 radical (unpaired) electrons. The molecule has 2 aromatic rings. The lowest BCUT2D eigenvalue weighted by Crippen LogP contribution is -2.51. The first-order valence-corrected chi connectivity index (χ1v) is 13.7. The third-order valence-electron chi connectivity index (χ3n) is 6.36. The number of halogens is 4. The molecule has 1 saturated heterocycles. The minimum Gasteiger partial charge on any atom is -0.481 e. The van der Waals surface area contributed by atoms with E-state index in [0.29, 0.717) is 26.6 Å². The van der Waals surface area contributed by atoms with Gasteiger partial charge < -0.3 is 15.2 Å². The van der Waals surface area contributed by atoms with E-state index in [0.717, 1.165) is 0 Å². The van der Waals surface area contributed by atoms with E-state index in [9.17, 15) is 27.9 Å². The molecule has 8 nitrogen and oxygen atoms in total. The first-order valence-electron chi connectivity index (χ1n) is 12.0. The van der Waals surface area contributed by atoms with Crippen molar-refractivity contribution in [2.75, 3.05) is 19.7 Å². The monoisotopic (exact) mass is 614 g/mol. The highest BCUT2D eigenvalue weighted by Crippen LogP contribution is 2.38. The standard InChI is InChI=1S/C25H26BrF3N4O4S/c1-2-37-24(36)20-18(12-33-13-25(28,29)8-7-15(33)4-6-19(34)35)31-22(23-30-9-10-38-23)32-21(20)16-5-3-14(27)11-17(16)26/h3,5,9-11,15,21H,2,4,6-8,12-13H2,1H3,(H,31,32)(H,34,35)/t15-,21+/m1/s1. The van der Waals surface area contributed by atoms with E-state index in [-0.39, 0.29) is 44.4 Å². The van der Waals surface area contributed by atoms with E-state index in [1.807, 2.05) is 0 Å². The summed E-state index contributed by atoms with van der Waals surface area (Å²) >= 11 is 4.66.